The van der Waals surface area contributed by atoms with Crippen LogP contribution < -0.4 is 10.6 Å². The number of aryl methyl sites for hydroxylation is 1. The number of aromatic nitrogens is 1. The summed E-state index contributed by atoms with van der Waals surface area (Å²) in [6, 6.07) is 22.9. The van der Waals surface area contributed by atoms with Crippen molar-refractivity contribution in [2.75, 3.05) is 11.9 Å². The fraction of sp³-hybridized carbons (Fsp3) is 0.172. The summed E-state index contributed by atoms with van der Waals surface area (Å²) in [5.41, 5.74) is 3.21. The minimum Gasteiger partial charge on any atom is -0.478 e. The molecule has 192 valence electrons. The Morgan fingerprint density at radius 3 is 2.66 bits per heavy atom. The molecule has 0 radical (unpaired) electrons. The van der Waals surface area contributed by atoms with E-state index in [0.29, 0.717) is 28.7 Å². The molecule has 9 heteroatoms. The van der Waals surface area contributed by atoms with Crippen LogP contribution in [0.1, 0.15) is 45.9 Å². The minimum absolute atomic E-state index is 0.131. The Bertz CT molecular complexity index is 1490. The molecule has 4 aromatic rings. The summed E-state index contributed by atoms with van der Waals surface area (Å²) in [5, 5.41) is 16.4. The molecule has 1 aliphatic rings. The van der Waals surface area contributed by atoms with Gasteiger partial charge >= 0.3 is 5.97 Å². The quantitative estimate of drug-likeness (QED) is 0.264. The van der Waals surface area contributed by atoms with E-state index in [1.165, 1.54) is 0 Å². The third-order valence-corrected chi connectivity index (χ3v) is 6.77. The average molecular weight is 527 g/mol. The Hall–Kier alpha value is -4.50. The second kappa shape index (κ2) is 10.9. The molecule has 1 fully saturated rings. The first-order chi connectivity index (χ1) is 18.4. The van der Waals surface area contributed by atoms with Gasteiger partial charge in [0.1, 0.15) is 17.6 Å². The summed E-state index contributed by atoms with van der Waals surface area (Å²) in [7, 11) is 0. The van der Waals surface area contributed by atoms with Gasteiger partial charge in [-0.3, -0.25) is 9.78 Å². The Morgan fingerprint density at radius 1 is 1.08 bits per heavy atom. The van der Waals surface area contributed by atoms with Gasteiger partial charge in [-0.25, -0.2) is 4.79 Å². The van der Waals surface area contributed by atoms with E-state index in [0.717, 1.165) is 16.9 Å². The van der Waals surface area contributed by atoms with E-state index in [-0.39, 0.29) is 23.9 Å². The van der Waals surface area contributed by atoms with Gasteiger partial charge < -0.3 is 25.1 Å². The first-order valence-electron chi connectivity index (χ1n) is 12.2. The highest BCUT2D eigenvalue weighted by molar-refractivity contribution is 7.80. The fourth-order valence-electron chi connectivity index (χ4n) is 4.66. The molecule has 2 aromatic carbocycles. The molecule has 38 heavy (non-hydrogen) atoms. The number of hydrogen-bond acceptors (Lipinski definition) is 5. The van der Waals surface area contributed by atoms with Crippen molar-refractivity contribution in [3.05, 3.63) is 108 Å². The van der Waals surface area contributed by atoms with Crippen LogP contribution in [0.25, 0.3) is 11.3 Å². The number of nitrogens with one attached hydrogen (secondary N) is 2. The molecule has 1 saturated heterocycles. The molecule has 2 aromatic heterocycles. The first kappa shape index (κ1) is 25.2. The molecule has 1 aliphatic heterocycles. The van der Waals surface area contributed by atoms with Crippen LogP contribution in [0.3, 0.4) is 0 Å². The number of benzene rings is 2. The van der Waals surface area contributed by atoms with Crippen molar-refractivity contribution in [2.45, 2.75) is 25.4 Å². The number of thiocarbonyl (C=S) groups is 1. The van der Waals surface area contributed by atoms with E-state index < -0.39 is 12.0 Å². The van der Waals surface area contributed by atoms with Crippen molar-refractivity contribution in [3.8, 4) is 11.3 Å². The largest absolute Gasteiger partial charge is 0.478 e. The number of carboxylic acids is 1. The van der Waals surface area contributed by atoms with Crippen LogP contribution in [0.15, 0.2) is 89.5 Å². The van der Waals surface area contributed by atoms with Crippen molar-refractivity contribution in [1.82, 2.24) is 15.2 Å². The van der Waals surface area contributed by atoms with Crippen molar-refractivity contribution >= 4 is 34.9 Å². The molecule has 0 saturated carbocycles. The van der Waals surface area contributed by atoms with E-state index >= 15 is 0 Å². The van der Waals surface area contributed by atoms with Crippen molar-refractivity contribution in [2.24, 2.45) is 0 Å². The number of hydrogen-bond donors (Lipinski definition) is 3. The van der Waals surface area contributed by atoms with Crippen LogP contribution in [-0.4, -0.2) is 38.5 Å². The number of nitrogens with zero attached hydrogens (tertiary/aromatic N) is 2. The molecular weight excluding hydrogens is 500 g/mol. The van der Waals surface area contributed by atoms with Gasteiger partial charge in [0.15, 0.2) is 5.11 Å². The van der Waals surface area contributed by atoms with Crippen molar-refractivity contribution in [1.29, 1.82) is 0 Å². The van der Waals surface area contributed by atoms with Gasteiger partial charge in [-0.05, 0) is 67.2 Å². The Kier molecular flexibility index (Phi) is 7.19. The van der Waals surface area contributed by atoms with Gasteiger partial charge in [0.2, 0.25) is 5.91 Å². The van der Waals surface area contributed by atoms with E-state index in [1.807, 2.05) is 60.4 Å². The highest BCUT2D eigenvalue weighted by Crippen LogP contribution is 2.40. The molecule has 3 heterocycles. The zero-order valence-corrected chi connectivity index (χ0v) is 21.4. The number of pyridine rings is 1. The molecular formula is C29H26N4O4S. The standard InChI is InChI=1S/C29H26N4O4S/c1-18-7-6-8-19(17-18)31-25(34)14-16-33-27(26(32-29(33)38)22-11-4-5-15-30-22)24-13-12-23(37-24)20-9-2-3-10-21(20)28(35)36/h2-13,15,17,26-27H,14,16H2,1H3,(H,31,34)(H,32,38)(H,35,36). The van der Waals surface area contributed by atoms with Gasteiger partial charge in [-0.2, -0.15) is 0 Å². The van der Waals surface area contributed by atoms with E-state index in [9.17, 15) is 14.7 Å². The molecule has 5 rings (SSSR count). The summed E-state index contributed by atoms with van der Waals surface area (Å²) in [5.74, 6) is -0.140. The summed E-state index contributed by atoms with van der Waals surface area (Å²) >= 11 is 5.68. The Morgan fingerprint density at radius 2 is 1.89 bits per heavy atom. The second-order valence-corrected chi connectivity index (χ2v) is 9.43. The van der Waals surface area contributed by atoms with E-state index in [4.69, 9.17) is 16.6 Å². The first-order valence-corrected chi connectivity index (χ1v) is 12.6. The van der Waals surface area contributed by atoms with E-state index in [1.54, 1.807) is 36.5 Å². The maximum atomic E-state index is 12.8. The summed E-state index contributed by atoms with van der Waals surface area (Å²) in [6.07, 6.45) is 1.92. The van der Waals surface area contributed by atoms with Crippen LogP contribution in [0.2, 0.25) is 0 Å². The van der Waals surface area contributed by atoms with Gasteiger partial charge in [0.05, 0.1) is 17.3 Å². The minimum atomic E-state index is -1.03. The monoisotopic (exact) mass is 526 g/mol. The molecule has 0 aliphatic carbocycles. The highest BCUT2D eigenvalue weighted by atomic mass is 32.1. The van der Waals surface area contributed by atoms with Crippen LogP contribution in [0.4, 0.5) is 5.69 Å². The van der Waals surface area contributed by atoms with Gasteiger partial charge in [0, 0.05) is 30.4 Å². The number of rotatable bonds is 8. The predicted octanol–water partition coefficient (Wildman–Crippen LogP) is 5.35. The fourth-order valence-corrected chi connectivity index (χ4v) is 5.00. The molecule has 8 nitrogen and oxygen atoms in total. The highest BCUT2D eigenvalue weighted by Gasteiger charge is 2.41. The summed E-state index contributed by atoms with van der Waals surface area (Å²) in [4.78, 5) is 31.0. The molecule has 0 bridgehead atoms. The van der Waals surface area contributed by atoms with Crippen molar-refractivity contribution in [3.63, 3.8) is 0 Å². The number of amides is 1. The Labute approximate surface area is 225 Å². The lowest BCUT2D eigenvalue weighted by molar-refractivity contribution is -0.116. The second-order valence-electron chi connectivity index (χ2n) is 9.04. The van der Waals surface area contributed by atoms with Gasteiger partial charge in [-0.15, -0.1) is 0 Å². The van der Waals surface area contributed by atoms with Crippen LogP contribution in [0.5, 0.6) is 0 Å². The van der Waals surface area contributed by atoms with Gasteiger partial charge in [-0.1, -0.05) is 36.4 Å². The normalized spacial score (nSPS) is 16.8. The number of carbonyl (C=O) groups excluding carboxylic acids is 1. The maximum absolute atomic E-state index is 12.8. The molecule has 1 amide bonds. The SMILES string of the molecule is Cc1cccc(NC(=O)CCN2C(=S)NC(c3ccccn3)C2c2ccc(-c3ccccc3C(=O)O)o2)c1. The molecule has 2 unspecified atom stereocenters. The molecule has 0 spiro atoms. The molecule has 2 atom stereocenters. The Balaban J connectivity index is 1.43. The zero-order chi connectivity index (χ0) is 26.6. The van der Waals surface area contributed by atoms with Crippen LogP contribution in [-0.2, 0) is 4.79 Å². The van der Waals surface area contributed by atoms with Crippen LogP contribution >= 0.6 is 12.2 Å². The molecule has 3 N–H and O–H groups in total. The number of anilines is 1. The predicted molar refractivity (Wildman–Crippen MR) is 148 cm³/mol. The third-order valence-electron chi connectivity index (χ3n) is 6.42. The number of carbonyl (C=O) groups is 2. The zero-order valence-electron chi connectivity index (χ0n) is 20.6. The third kappa shape index (κ3) is 5.28. The number of furan rings is 1. The number of carboxylic acid groups (broad SMARTS) is 1. The maximum Gasteiger partial charge on any atom is 0.336 e. The lowest BCUT2D eigenvalue weighted by atomic mass is 10.0. The van der Waals surface area contributed by atoms with Crippen molar-refractivity contribution < 1.29 is 19.1 Å². The van der Waals surface area contributed by atoms with Gasteiger partial charge in [0.25, 0.3) is 0 Å². The number of aromatic carboxylic acids is 1. The lowest BCUT2D eigenvalue weighted by Gasteiger charge is -2.25. The van der Waals surface area contributed by atoms with Crippen LogP contribution in [0, 0.1) is 6.92 Å². The summed E-state index contributed by atoms with van der Waals surface area (Å²) < 4.78 is 6.26. The lowest BCUT2D eigenvalue weighted by Crippen LogP contribution is -2.32. The van der Waals surface area contributed by atoms with E-state index in [2.05, 4.69) is 15.6 Å². The summed E-state index contributed by atoms with van der Waals surface area (Å²) in [6.45, 7) is 2.32. The average Bonchev–Trinajstić information content (AvgIpc) is 3.52. The smallest absolute Gasteiger partial charge is 0.336 e. The topological polar surface area (TPSA) is 108 Å².